The van der Waals surface area contributed by atoms with Gasteiger partial charge in [0.15, 0.2) is 0 Å². The Labute approximate surface area is 229 Å². The molecule has 0 aromatic rings. The van der Waals surface area contributed by atoms with Crippen molar-refractivity contribution in [2.45, 2.75) is 78.6 Å². The highest BCUT2D eigenvalue weighted by Gasteiger charge is 2.81. The van der Waals surface area contributed by atoms with Crippen LogP contribution in [0, 0.1) is 0 Å². The third kappa shape index (κ3) is 6.84. The fraction of sp³-hybridized carbons (Fsp3) is 1.00. The third-order valence-electron chi connectivity index (χ3n) is 4.39. The number of halogens is 8. The van der Waals surface area contributed by atoms with Gasteiger partial charge in [-0.1, -0.05) is 78.6 Å². The average Bonchev–Trinajstić information content (AvgIpc) is 2.28. The maximum Gasteiger partial charge on any atom is 0.330 e. The molecule has 2 nitrogen and oxygen atoms in total. The van der Waals surface area contributed by atoms with Crippen molar-refractivity contribution in [2.24, 2.45) is 0 Å². The first-order valence-corrected chi connectivity index (χ1v) is 42.4. The predicted molar refractivity (Wildman–Crippen MR) is 167 cm³/mol. The molecule has 0 saturated carbocycles. The Morgan fingerprint density at radius 3 is 0.567 bits per heavy atom. The largest absolute Gasteiger partial charge is 0.345 e. The van der Waals surface area contributed by atoms with E-state index in [1.807, 2.05) is 0 Å². The monoisotopic (exact) mass is 712 g/mol. The van der Waals surface area contributed by atoms with Crippen molar-refractivity contribution in [3.63, 3.8) is 0 Å². The molecular formula is C12H36Cl8N2Si8. The van der Waals surface area contributed by atoms with Crippen LogP contribution in [0.15, 0.2) is 0 Å². The second kappa shape index (κ2) is 10.0. The van der Waals surface area contributed by atoms with Crippen LogP contribution in [0.2, 0.25) is 78.6 Å². The molecule has 0 saturated heterocycles. The first kappa shape index (κ1) is 34.0. The highest BCUT2D eigenvalue weighted by molar-refractivity contribution is 8.27. The molecule has 0 heterocycles. The molecular weight excluding hydrogens is 680 g/mol. The van der Waals surface area contributed by atoms with Crippen molar-refractivity contribution < 1.29 is 0 Å². The van der Waals surface area contributed by atoms with E-state index in [0.29, 0.717) is 0 Å². The Bertz CT molecular complexity index is 540. The van der Waals surface area contributed by atoms with Crippen LogP contribution >= 0.6 is 88.6 Å². The summed E-state index contributed by atoms with van der Waals surface area (Å²) in [5.41, 5.74) is -7.43. The minimum absolute atomic E-state index is 2.01. The fourth-order valence-corrected chi connectivity index (χ4v) is 155. The van der Waals surface area contributed by atoms with E-state index in [4.69, 9.17) is 88.6 Å². The zero-order valence-corrected chi connectivity index (χ0v) is 34.0. The van der Waals surface area contributed by atoms with Crippen molar-refractivity contribution in [1.29, 1.82) is 0 Å². The van der Waals surface area contributed by atoms with Gasteiger partial charge < -0.3 is 7.79 Å². The molecule has 0 aromatic heterocycles. The Hall–Kier alpha value is 3.98. The van der Waals surface area contributed by atoms with Crippen molar-refractivity contribution in [3.05, 3.63) is 0 Å². The summed E-state index contributed by atoms with van der Waals surface area (Å²) >= 11 is 57.9. The van der Waals surface area contributed by atoms with E-state index in [1.54, 1.807) is 0 Å². The summed E-state index contributed by atoms with van der Waals surface area (Å²) < 4.78 is 4.58. The molecule has 0 unspecified atom stereocenters. The molecule has 0 rings (SSSR count). The fourth-order valence-electron chi connectivity index (χ4n) is 4.36. The molecule has 0 aromatic carbocycles. The molecule has 0 N–H and O–H groups in total. The van der Waals surface area contributed by atoms with E-state index in [2.05, 4.69) is 86.4 Å². The van der Waals surface area contributed by atoms with Gasteiger partial charge in [0.25, 0.3) is 0 Å². The Kier molecular flexibility index (Phi) is 11.4. The van der Waals surface area contributed by atoms with Crippen LogP contribution in [0.25, 0.3) is 0 Å². The van der Waals surface area contributed by atoms with Gasteiger partial charge in [-0.3, -0.25) is 0 Å². The van der Waals surface area contributed by atoms with Crippen LogP contribution in [-0.4, -0.2) is 64.9 Å². The maximum atomic E-state index is 7.26. The van der Waals surface area contributed by atoms with E-state index in [0.717, 1.165) is 0 Å². The molecule has 0 atom stereocenters. The molecule has 0 aliphatic heterocycles. The standard InChI is InChI=1S/C12H36Cl8N2Si8/c1-23(2,3)21(24(4,5)6)27(13,14)29(17,18)30(19,20)28(15,16)22(25(7,8)9)26(10,11)12/h1-12H3. The predicted octanol–water partition coefficient (Wildman–Crippen LogP) is 8.84. The highest BCUT2D eigenvalue weighted by Crippen LogP contribution is 2.55. The quantitative estimate of drug-likeness (QED) is 0.174. The van der Waals surface area contributed by atoms with E-state index in [-0.39, 0.29) is 0 Å². The van der Waals surface area contributed by atoms with Crippen LogP contribution in [0.1, 0.15) is 0 Å². The van der Waals surface area contributed by atoms with E-state index in [1.165, 1.54) is 0 Å². The van der Waals surface area contributed by atoms with Crippen LogP contribution in [0.3, 0.4) is 0 Å². The summed E-state index contributed by atoms with van der Waals surface area (Å²) in [5, 5.41) is 0. The lowest BCUT2D eigenvalue weighted by atomic mass is 11.8. The summed E-state index contributed by atoms with van der Waals surface area (Å²) in [7, 11) is -8.04. The van der Waals surface area contributed by atoms with Crippen LogP contribution in [0.4, 0.5) is 0 Å². The lowest BCUT2D eigenvalue weighted by molar-refractivity contribution is 0.948. The molecule has 30 heavy (non-hydrogen) atoms. The van der Waals surface area contributed by atoms with Crippen molar-refractivity contribution in [2.75, 3.05) is 0 Å². The lowest BCUT2D eigenvalue weighted by Crippen LogP contribution is -2.86. The first-order valence-electron chi connectivity index (χ1n) is 9.60. The Balaban J connectivity index is 6.93. The van der Waals surface area contributed by atoms with Crippen molar-refractivity contribution in [1.82, 2.24) is 7.79 Å². The van der Waals surface area contributed by atoms with E-state index >= 15 is 0 Å². The molecule has 0 aliphatic carbocycles. The topological polar surface area (TPSA) is 6.48 Å². The summed E-state index contributed by atoms with van der Waals surface area (Å²) in [6, 6.07) is 0. The summed E-state index contributed by atoms with van der Waals surface area (Å²) in [4.78, 5) is 0. The smallest absolute Gasteiger partial charge is 0.330 e. The third-order valence-corrected chi connectivity index (χ3v) is 117. The number of nitrogens with zero attached hydrogens (tertiary/aromatic N) is 2. The second-order valence-electron chi connectivity index (χ2n) is 11.6. The molecule has 0 fully saturated rings. The lowest BCUT2D eigenvalue weighted by Gasteiger charge is -2.57. The second-order valence-corrected chi connectivity index (χ2v) is 82.2. The molecule has 0 amide bonds. The van der Waals surface area contributed by atoms with Gasteiger partial charge in [-0.25, -0.2) is 0 Å². The van der Waals surface area contributed by atoms with Gasteiger partial charge in [0.2, 0.25) is 0 Å². The normalized spacial score (nSPS) is 16.6. The summed E-state index contributed by atoms with van der Waals surface area (Å²) in [6.07, 6.45) is -7.00. The van der Waals surface area contributed by atoms with E-state index in [9.17, 15) is 0 Å². The average molecular weight is 717 g/mol. The zero-order chi connectivity index (χ0) is 25.2. The zero-order valence-electron chi connectivity index (χ0n) is 19.9. The van der Waals surface area contributed by atoms with Gasteiger partial charge in [-0.2, -0.15) is 0 Å². The van der Waals surface area contributed by atoms with Gasteiger partial charge in [0, 0.05) is 0 Å². The Morgan fingerprint density at radius 1 is 0.333 bits per heavy atom. The maximum absolute atomic E-state index is 7.26. The van der Waals surface area contributed by atoms with Gasteiger partial charge in [-0.05, 0) is 0 Å². The first-order chi connectivity index (χ1) is 12.5. The van der Waals surface area contributed by atoms with Crippen LogP contribution in [0.5, 0.6) is 0 Å². The van der Waals surface area contributed by atoms with Gasteiger partial charge in [-0.15, -0.1) is 88.6 Å². The van der Waals surface area contributed by atoms with E-state index < -0.39 is 57.1 Å². The van der Waals surface area contributed by atoms with Gasteiger partial charge in [0.1, 0.15) is 32.9 Å². The highest BCUT2D eigenvalue weighted by atomic mass is 35.8. The van der Waals surface area contributed by atoms with Gasteiger partial charge in [0.05, 0.1) is 0 Å². The molecule has 0 spiro atoms. The number of rotatable bonds is 9. The van der Waals surface area contributed by atoms with Crippen LogP contribution < -0.4 is 0 Å². The Morgan fingerprint density at radius 2 is 0.467 bits per heavy atom. The molecule has 182 valence electrons. The minimum atomic E-state index is -3.72. The summed E-state index contributed by atoms with van der Waals surface area (Å²) in [6.45, 7) is 26.4. The molecule has 0 bridgehead atoms. The van der Waals surface area contributed by atoms with Crippen molar-refractivity contribution >= 4 is 146 Å². The SMILES string of the molecule is C[Si](C)(C)N([Si](C)(C)C)[Si](Cl)(Cl)[Si](Cl)(Cl)[Si](Cl)(Cl)[Si](Cl)(Cl)N([Si](C)(C)C)[Si](C)(C)C. The minimum Gasteiger partial charge on any atom is -0.345 e. The summed E-state index contributed by atoms with van der Waals surface area (Å²) in [5.74, 6) is 0. The molecule has 0 aliphatic rings. The molecule has 0 radical (unpaired) electrons. The van der Waals surface area contributed by atoms with Crippen LogP contribution in [-0.2, 0) is 0 Å². The number of hydrogen-bond acceptors (Lipinski definition) is 2. The number of hydrogen-bond donors (Lipinski definition) is 0. The molecule has 18 heteroatoms. The van der Waals surface area contributed by atoms with Crippen molar-refractivity contribution in [3.8, 4) is 0 Å². The van der Waals surface area contributed by atoms with Gasteiger partial charge >= 0.3 is 24.2 Å².